The van der Waals surface area contributed by atoms with Crippen LogP contribution in [-0.4, -0.2) is 55.6 Å². The van der Waals surface area contributed by atoms with E-state index in [-0.39, 0.29) is 11.5 Å². The zero-order valence-electron chi connectivity index (χ0n) is 13.4. The van der Waals surface area contributed by atoms with Crippen molar-refractivity contribution >= 4 is 17.6 Å². The smallest absolute Gasteiger partial charge is 0.259 e. The van der Waals surface area contributed by atoms with E-state index in [4.69, 9.17) is 4.42 Å². The Hall–Kier alpha value is -1.54. The van der Waals surface area contributed by atoms with Gasteiger partial charge in [0.1, 0.15) is 11.5 Å². The number of thioether (sulfide) groups is 1. The second kappa shape index (κ2) is 10.2. The fourth-order valence-electron chi connectivity index (χ4n) is 1.80. The molecule has 0 bridgehead atoms. The van der Waals surface area contributed by atoms with Crippen LogP contribution in [-0.2, 0) is 12.3 Å². The molecule has 1 rings (SSSR count). The van der Waals surface area contributed by atoms with Crippen LogP contribution in [0.3, 0.4) is 0 Å². The van der Waals surface area contributed by atoms with Gasteiger partial charge >= 0.3 is 0 Å². The predicted molar refractivity (Wildman–Crippen MR) is 90.1 cm³/mol. The van der Waals surface area contributed by atoms with E-state index < -0.39 is 0 Å². The molecule has 0 saturated carbocycles. The minimum atomic E-state index is -0.383. The van der Waals surface area contributed by atoms with Gasteiger partial charge in [-0.1, -0.05) is 0 Å². The van der Waals surface area contributed by atoms with Crippen LogP contribution in [0, 0.1) is 10.1 Å². The van der Waals surface area contributed by atoms with Crippen LogP contribution in [0.1, 0.15) is 17.9 Å². The van der Waals surface area contributed by atoms with E-state index >= 15 is 0 Å². The first-order valence-corrected chi connectivity index (χ1v) is 8.28. The molecule has 1 aromatic rings. The van der Waals surface area contributed by atoms with Crippen LogP contribution in [0.15, 0.2) is 21.5 Å². The quantitative estimate of drug-likeness (QED) is 0.232. The summed E-state index contributed by atoms with van der Waals surface area (Å²) in [4.78, 5) is 15.9. The molecule has 124 valence electrons. The maximum absolute atomic E-state index is 10.4. The van der Waals surface area contributed by atoms with E-state index in [0.29, 0.717) is 12.4 Å². The van der Waals surface area contributed by atoms with Crippen LogP contribution in [0.25, 0.3) is 0 Å². The van der Waals surface area contributed by atoms with Crippen molar-refractivity contribution in [3.8, 4) is 0 Å². The number of furan rings is 1. The fraction of sp³-hybridized carbons (Fsp3) is 0.643. The molecule has 0 fully saturated rings. The van der Waals surface area contributed by atoms with Gasteiger partial charge in [0.15, 0.2) is 5.84 Å². The molecule has 0 aromatic carbocycles. The topological polar surface area (TPSA) is 83.9 Å². The highest BCUT2D eigenvalue weighted by Crippen LogP contribution is 2.16. The average molecular weight is 328 g/mol. The van der Waals surface area contributed by atoms with Gasteiger partial charge in [0.2, 0.25) is 0 Å². The van der Waals surface area contributed by atoms with Crippen molar-refractivity contribution in [1.29, 1.82) is 0 Å². The van der Waals surface area contributed by atoms with Gasteiger partial charge < -0.3 is 14.6 Å². The Kier molecular flexibility index (Phi) is 8.61. The maximum atomic E-state index is 10.4. The van der Waals surface area contributed by atoms with Gasteiger partial charge in [-0.15, -0.1) is 0 Å². The number of amidine groups is 1. The van der Waals surface area contributed by atoms with Crippen molar-refractivity contribution in [3.05, 3.63) is 33.8 Å². The fourth-order valence-corrected chi connectivity index (χ4v) is 2.65. The first kappa shape index (κ1) is 18.5. The molecule has 0 unspecified atom stereocenters. The van der Waals surface area contributed by atoms with Crippen molar-refractivity contribution in [1.82, 2.24) is 10.2 Å². The van der Waals surface area contributed by atoms with Crippen molar-refractivity contribution in [3.63, 3.8) is 0 Å². The van der Waals surface area contributed by atoms with Crippen LogP contribution >= 0.6 is 11.8 Å². The zero-order valence-corrected chi connectivity index (χ0v) is 14.2. The predicted octanol–water partition coefficient (Wildman–Crippen LogP) is 1.86. The first-order valence-electron chi connectivity index (χ1n) is 7.12. The molecule has 1 N–H and O–H groups in total. The van der Waals surface area contributed by atoms with Crippen LogP contribution in [0.5, 0.6) is 0 Å². The van der Waals surface area contributed by atoms with Crippen molar-refractivity contribution in [2.75, 3.05) is 40.0 Å². The molecule has 0 saturated heterocycles. The van der Waals surface area contributed by atoms with Gasteiger partial charge in [-0.2, -0.15) is 11.8 Å². The highest BCUT2D eigenvalue weighted by molar-refractivity contribution is 7.98. The summed E-state index contributed by atoms with van der Waals surface area (Å²) in [7, 11) is 5.58. The number of nitrogens with zero attached hydrogens (tertiary/aromatic N) is 3. The van der Waals surface area contributed by atoms with Crippen molar-refractivity contribution < 1.29 is 9.34 Å². The normalized spacial score (nSPS) is 11.9. The summed E-state index contributed by atoms with van der Waals surface area (Å²) in [6.45, 7) is 1.26. The van der Waals surface area contributed by atoms with Crippen molar-refractivity contribution in [2.45, 2.75) is 18.7 Å². The molecule has 0 spiro atoms. The molecule has 7 nitrogen and oxygen atoms in total. The zero-order chi connectivity index (χ0) is 16.4. The Labute approximate surface area is 135 Å². The first-order chi connectivity index (χ1) is 10.5. The number of nitro groups is 1. The molecule has 0 atom stereocenters. The minimum Gasteiger partial charge on any atom is -0.464 e. The van der Waals surface area contributed by atoms with Gasteiger partial charge in [-0.25, -0.2) is 0 Å². The third kappa shape index (κ3) is 8.04. The van der Waals surface area contributed by atoms with Crippen LogP contribution in [0.4, 0.5) is 0 Å². The molecule has 0 aliphatic rings. The van der Waals surface area contributed by atoms with E-state index in [1.807, 2.05) is 26.2 Å². The largest absolute Gasteiger partial charge is 0.464 e. The number of hydrogen-bond acceptors (Lipinski definition) is 6. The molecule has 8 heteroatoms. The van der Waals surface area contributed by atoms with Gasteiger partial charge in [0.25, 0.3) is 6.54 Å². The maximum Gasteiger partial charge on any atom is 0.259 e. The monoisotopic (exact) mass is 328 g/mol. The number of nitrogens with one attached hydrogen (secondary N) is 1. The number of aliphatic imine (C=N–C) groups is 1. The second-order valence-corrected chi connectivity index (χ2v) is 6.21. The molecule has 0 amide bonds. The lowest BCUT2D eigenvalue weighted by Crippen LogP contribution is -2.31. The Bertz CT molecular complexity index is 488. The van der Waals surface area contributed by atoms with Gasteiger partial charge in [0.05, 0.1) is 12.3 Å². The molecule has 0 aliphatic carbocycles. The summed E-state index contributed by atoms with van der Waals surface area (Å²) in [6, 6.07) is 4.03. The molecule has 22 heavy (non-hydrogen) atoms. The highest BCUT2D eigenvalue weighted by Gasteiger charge is 2.06. The van der Waals surface area contributed by atoms with E-state index in [1.54, 1.807) is 18.8 Å². The minimum absolute atomic E-state index is 0.245. The molecular weight excluding hydrogens is 304 g/mol. The molecular formula is C14H24N4O3S. The third-order valence-electron chi connectivity index (χ3n) is 2.78. The molecule has 1 heterocycles. The molecule has 0 aliphatic heterocycles. The SMILES string of the molecule is CN=C(C[N+](=O)[O-])NCCCSCc1ccc(CN(C)C)o1. The second-order valence-electron chi connectivity index (χ2n) is 5.10. The lowest BCUT2D eigenvalue weighted by atomic mass is 10.4. The average Bonchev–Trinajstić information content (AvgIpc) is 2.87. The number of hydrogen-bond donors (Lipinski definition) is 1. The van der Waals surface area contributed by atoms with Gasteiger partial charge in [0, 0.05) is 18.5 Å². The highest BCUT2D eigenvalue weighted by atomic mass is 32.2. The van der Waals surface area contributed by atoms with Crippen LogP contribution < -0.4 is 5.32 Å². The Balaban J connectivity index is 2.12. The van der Waals surface area contributed by atoms with E-state index in [2.05, 4.69) is 15.2 Å². The van der Waals surface area contributed by atoms with Crippen LogP contribution in [0.2, 0.25) is 0 Å². The van der Waals surface area contributed by atoms with E-state index in [9.17, 15) is 10.1 Å². The Morgan fingerprint density at radius 1 is 1.45 bits per heavy atom. The standard InChI is InChI=1S/C14H24N4O3S/c1-15-14(10-18(19)20)16-7-4-8-22-11-13-6-5-12(21-13)9-17(2)3/h5-6H,4,7-11H2,1-3H3,(H,15,16). The summed E-state index contributed by atoms with van der Waals surface area (Å²) in [5.74, 6) is 4.20. The summed E-state index contributed by atoms with van der Waals surface area (Å²) in [6.07, 6.45) is 0.923. The molecule has 0 radical (unpaired) electrons. The summed E-state index contributed by atoms with van der Waals surface area (Å²) in [5.41, 5.74) is 0. The van der Waals surface area contributed by atoms with Crippen molar-refractivity contribution in [2.24, 2.45) is 4.99 Å². The van der Waals surface area contributed by atoms with E-state index in [0.717, 1.165) is 36.0 Å². The van der Waals surface area contributed by atoms with Gasteiger partial charge in [-0.05, 0) is 38.4 Å². The van der Waals surface area contributed by atoms with Gasteiger partial charge in [-0.3, -0.25) is 15.1 Å². The lowest BCUT2D eigenvalue weighted by molar-refractivity contribution is -0.463. The third-order valence-corrected chi connectivity index (χ3v) is 3.84. The lowest BCUT2D eigenvalue weighted by Gasteiger charge is -2.06. The summed E-state index contributed by atoms with van der Waals surface area (Å²) >= 11 is 1.79. The molecule has 1 aromatic heterocycles. The Morgan fingerprint density at radius 3 is 2.82 bits per heavy atom. The summed E-state index contributed by atoms with van der Waals surface area (Å²) in [5, 5.41) is 13.4. The van der Waals surface area contributed by atoms with E-state index in [1.165, 1.54) is 0 Å². The summed E-state index contributed by atoms with van der Waals surface area (Å²) < 4.78 is 5.73. The number of rotatable bonds is 10. The Morgan fingerprint density at radius 2 is 2.18 bits per heavy atom.